The molecule has 0 N–H and O–H groups in total. The molecule has 0 saturated carbocycles. The summed E-state index contributed by atoms with van der Waals surface area (Å²) in [7, 11) is 3.29. The minimum atomic E-state index is 0.710. The lowest BCUT2D eigenvalue weighted by atomic mass is 10.1. The Morgan fingerprint density at radius 2 is 1.47 bits per heavy atom. The smallest absolute Gasteiger partial charge is 0.196 e. The molecule has 0 spiro atoms. The van der Waals surface area contributed by atoms with Crippen molar-refractivity contribution in [1.29, 1.82) is 0 Å². The number of benzene rings is 3. The number of aromatic nitrogens is 3. The largest absolute Gasteiger partial charge is 0.497 e. The molecule has 3 aromatic carbocycles. The molecule has 164 valence electrons. The van der Waals surface area contributed by atoms with E-state index in [1.165, 1.54) is 22.3 Å². The van der Waals surface area contributed by atoms with E-state index in [0.29, 0.717) is 11.5 Å². The standard InChI is InChI=1S/C26H27N3O2S/c1-17-6-10-22(11-7-17)29-25(21-13-23(30-4)15-24(14-21)31-5)27-28-26(29)32-16-20-9-8-18(2)19(3)12-20/h6-15H,16H2,1-5H3. The number of hydrogen-bond donors (Lipinski definition) is 0. The molecule has 0 bridgehead atoms. The van der Waals surface area contributed by atoms with Crippen molar-refractivity contribution in [2.75, 3.05) is 14.2 Å². The first-order valence-electron chi connectivity index (χ1n) is 10.4. The average Bonchev–Trinajstić information content (AvgIpc) is 3.24. The van der Waals surface area contributed by atoms with E-state index in [-0.39, 0.29) is 0 Å². The summed E-state index contributed by atoms with van der Waals surface area (Å²) in [6.45, 7) is 6.36. The highest BCUT2D eigenvalue weighted by Crippen LogP contribution is 2.34. The van der Waals surface area contributed by atoms with Gasteiger partial charge in [-0.15, -0.1) is 10.2 Å². The Hall–Kier alpha value is -3.25. The van der Waals surface area contributed by atoms with Crippen LogP contribution >= 0.6 is 11.8 Å². The van der Waals surface area contributed by atoms with Crippen molar-refractivity contribution in [3.63, 3.8) is 0 Å². The van der Waals surface area contributed by atoms with Crippen molar-refractivity contribution >= 4 is 11.8 Å². The summed E-state index contributed by atoms with van der Waals surface area (Å²) >= 11 is 1.68. The molecule has 0 aliphatic carbocycles. The monoisotopic (exact) mass is 445 g/mol. The summed E-state index contributed by atoms with van der Waals surface area (Å²) in [4.78, 5) is 0. The second-order valence-corrected chi connectivity index (χ2v) is 8.73. The van der Waals surface area contributed by atoms with Crippen LogP contribution in [0, 0.1) is 20.8 Å². The molecule has 0 aliphatic heterocycles. The van der Waals surface area contributed by atoms with Gasteiger partial charge in [-0.05, 0) is 61.7 Å². The summed E-state index contributed by atoms with van der Waals surface area (Å²) in [6.07, 6.45) is 0. The Kier molecular flexibility index (Phi) is 6.51. The van der Waals surface area contributed by atoms with Crippen LogP contribution in [-0.2, 0) is 5.75 Å². The molecule has 0 fully saturated rings. The lowest BCUT2D eigenvalue weighted by Crippen LogP contribution is -2.00. The molecular weight excluding hydrogens is 418 g/mol. The molecule has 5 nitrogen and oxygen atoms in total. The van der Waals surface area contributed by atoms with Crippen molar-refractivity contribution in [3.8, 4) is 28.6 Å². The van der Waals surface area contributed by atoms with Gasteiger partial charge in [0.25, 0.3) is 0 Å². The summed E-state index contributed by atoms with van der Waals surface area (Å²) in [5, 5.41) is 9.95. The van der Waals surface area contributed by atoms with Crippen LogP contribution in [0.5, 0.6) is 11.5 Å². The third kappa shape index (κ3) is 4.65. The van der Waals surface area contributed by atoms with E-state index in [2.05, 4.69) is 78.0 Å². The molecule has 0 atom stereocenters. The fourth-order valence-electron chi connectivity index (χ4n) is 3.45. The molecule has 1 aromatic heterocycles. The highest BCUT2D eigenvalue weighted by atomic mass is 32.2. The Morgan fingerprint density at radius 3 is 2.09 bits per heavy atom. The molecule has 0 amide bonds. The maximum atomic E-state index is 5.47. The second kappa shape index (κ2) is 9.49. The minimum Gasteiger partial charge on any atom is -0.497 e. The molecule has 4 rings (SSSR count). The Balaban J connectivity index is 1.77. The van der Waals surface area contributed by atoms with Crippen LogP contribution in [0.1, 0.15) is 22.3 Å². The topological polar surface area (TPSA) is 49.2 Å². The lowest BCUT2D eigenvalue weighted by Gasteiger charge is -2.13. The highest BCUT2D eigenvalue weighted by Gasteiger charge is 2.18. The number of rotatable bonds is 7. The van der Waals surface area contributed by atoms with Crippen LogP contribution in [0.2, 0.25) is 0 Å². The van der Waals surface area contributed by atoms with Crippen molar-refractivity contribution in [3.05, 3.63) is 82.9 Å². The summed E-state index contributed by atoms with van der Waals surface area (Å²) < 4.78 is 13.0. The van der Waals surface area contributed by atoms with E-state index >= 15 is 0 Å². The van der Waals surface area contributed by atoms with E-state index in [9.17, 15) is 0 Å². The molecule has 0 unspecified atom stereocenters. The van der Waals surface area contributed by atoms with Gasteiger partial charge < -0.3 is 9.47 Å². The predicted octanol–water partition coefficient (Wildman–Crippen LogP) is 6.17. The van der Waals surface area contributed by atoms with Crippen LogP contribution in [-0.4, -0.2) is 29.0 Å². The zero-order valence-corrected chi connectivity index (χ0v) is 19.9. The van der Waals surface area contributed by atoms with Crippen LogP contribution in [0.15, 0.2) is 65.8 Å². The zero-order chi connectivity index (χ0) is 22.7. The molecule has 1 heterocycles. The van der Waals surface area contributed by atoms with Crippen LogP contribution in [0.25, 0.3) is 17.1 Å². The minimum absolute atomic E-state index is 0.710. The Labute approximate surface area is 193 Å². The maximum Gasteiger partial charge on any atom is 0.196 e. The van der Waals surface area contributed by atoms with Gasteiger partial charge in [0.05, 0.1) is 14.2 Å². The van der Waals surface area contributed by atoms with Gasteiger partial charge in [-0.1, -0.05) is 47.7 Å². The first-order chi connectivity index (χ1) is 15.5. The predicted molar refractivity (Wildman–Crippen MR) is 130 cm³/mol. The second-order valence-electron chi connectivity index (χ2n) is 7.79. The Bertz CT molecular complexity index is 1210. The van der Waals surface area contributed by atoms with Gasteiger partial charge in [0.15, 0.2) is 11.0 Å². The lowest BCUT2D eigenvalue weighted by molar-refractivity contribution is 0.394. The summed E-state index contributed by atoms with van der Waals surface area (Å²) in [6, 6.07) is 20.7. The first kappa shape index (κ1) is 22.0. The number of thioether (sulfide) groups is 1. The van der Waals surface area contributed by atoms with Crippen LogP contribution in [0.4, 0.5) is 0 Å². The number of aryl methyl sites for hydroxylation is 3. The van der Waals surface area contributed by atoms with E-state index < -0.39 is 0 Å². The van der Waals surface area contributed by atoms with Crippen molar-refractivity contribution in [2.24, 2.45) is 0 Å². The molecular formula is C26H27N3O2S. The number of ether oxygens (including phenoxy) is 2. The third-order valence-corrected chi connectivity index (χ3v) is 6.47. The quantitative estimate of drug-likeness (QED) is 0.318. The molecule has 0 saturated heterocycles. The van der Waals surface area contributed by atoms with Gasteiger partial charge in [-0.3, -0.25) is 4.57 Å². The van der Waals surface area contributed by atoms with E-state index in [4.69, 9.17) is 9.47 Å². The molecule has 4 aromatic rings. The van der Waals surface area contributed by atoms with E-state index in [1.807, 2.05) is 18.2 Å². The van der Waals surface area contributed by atoms with E-state index in [0.717, 1.165) is 28.0 Å². The average molecular weight is 446 g/mol. The van der Waals surface area contributed by atoms with Gasteiger partial charge in [0, 0.05) is 23.1 Å². The fourth-order valence-corrected chi connectivity index (χ4v) is 4.35. The van der Waals surface area contributed by atoms with Crippen LogP contribution < -0.4 is 9.47 Å². The molecule has 32 heavy (non-hydrogen) atoms. The number of hydrogen-bond acceptors (Lipinski definition) is 5. The SMILES string of the molecule is COc1cc(OC)cc(-c2nnc(SCc3ccc(C)c(C)c3)n2-c2ccc(C)cc2)c1. The van der Waals surface area contributed by atoms with Gasteiger partial charge >= 0.3 is 0 Å². The summed E-state index contributed by atoms with van der Waals surface area (Å²) in [5.41, 5.74) is 6.97. The van der Waals surface area contributed by atoms with Crippen LogP contribution in [0.3, 0.4) is 0 Å². The summed E-state index contributed by atoms with van der Waals surface area (Å²) in [5.74, 6) is 2.98. The normalized spacial score (nSPS) is 10.9. The van der Waals surface area contributed by atoms with Gasteiger partial charge in [0.2, 0.25) is 0 Å². The molecule has 6 heteroatoms. The van der Waals surface area contributed by atoms with Gasteiger partial charge in [0.1, 0.15) is 11.5 Å². The van der Waals surface area contributed by atoms with Crippen molar-refractivity contribution < 1.29 is 9.47 Å². The fraction of sp³-hybridized carbons (Fsp3) is 0.231. The molecule has 0 aliphatic rings. The van der Waals surface area contributed by atoms with Crippen molar-refractivity contribution in [2.45, 2.75) is 31.7 Å². The van der Waals surface area contributed by atoms with Gasteiger partial charge in [-0.2, -0.15) is 0 Å². The zero-order valence-electron chi connectivity index (χ0n) is 19.0. The van der Waals surface area contributed by atoms with Gasteiger partial charge in [-0.25, -0.2) is 0 Å². The van der Waals surface area contributed by atoms with Crippen molar-refractivity contribution in [1.82, 2.24) is 14.8 Å². The Morgan fingerprint density at radius 1 is 0.781 bits per heavy atom. The molecule has 0 radical (unpaired) electrons. The number of nitrogens with zero attached hydrogens (tertiary/aromatic N) is 3. The number of methoxy groups -OCH3 is 2. The first-order valence-corrected chi connectivity index (χ1v) is 11.4. The highest BCUT2D eigenvalue weighted by molar-refractivity contribution is 7.98. The maximum absolute atomic E-state index is 5.47. The third-order valence-electron chi connectivity index (χ3n) is 5.47. The van der Waals surface area contributed by atoms with E-state index in [1.54, 1.807) is 26.0 Å².